The highest BCUT2D eigenvalue weighted by atomic mass is 16.5. The SMILES string of the molecule is CCOc1cccnc1C(=O)N1CCC[C@@H](C(=O)O)C1. The Labute approximate surface area is 117 Å². The van der Waals surface area contributed by atoms with E-state index in [-0.39, 0.29) is 18.1 Å². The molecule has 1 aromatic heterocycles. The first-order valence-electron chi connectivity index (χ1n) is 6.73. The summed E-state index contributed by atoms with van der Waals surface area (Å²) < 4.78 is 5.40. The van der Waals surface area contributed by atoms with Gasteiger partial charge in [0, 0.05) is 19.3 Å². The zero-order valence-electron chi connectivity index (χ0n) is 11.4. The lowest BCUT2D eigenvalue weighted by molar-refractivity contribution is -0.143. The third-order valence-electron chi connectivity index (χ3n) is 3.33. The summed E-state index contributed by atoms with van der Waals surface area (Å²) in [5, 5.41) is 9.07. The van der Waals surface area contributed by atoms with Crippen molar-refractivity contribution in [2.24, 2.45) is 5.92 Å². The van der Waals surface area contributed by atoms with Crippen molar-refractivity contribution < 1.29 is 19.4 Å². The van der Waals surface area contributed by atoms with Crippen molar-refractivity contribution in [1.29, 1.82) is 0 Å². The molecule has 0 radical (unpaired) electrons. The number of nitrogens with zero attached hydrogens (tertiary/aromatic N) is 2. The fourth-order valence-electron chi connectivity index (χ4n) is 2.34. The molecular formula is C14H18N2O4. The number of piperidine rings is 1. The number of aliphatic carboxylic acids is 1. The van der Waals surface area contributed by atoms with E-state index in [1.54, 1.807) is 17.0 Å². The number of amides is 1. The predicted molar refractivity (Wildman–Crippen MR) is 71.7 cm³/mol. The Morgan fingerprint density at radius 3 is 3.05 bits per heavy atom. The monoisotopic (exact) mass is 278 g/mol. The standard InChI is InChI=1S/C14H18N2O4/c1-2-20-11-6-3-7-15-12(11)13(17)16-8-4-5-10(9-16)14(18)19/h3,6-7,10H,2,4-5,8-9H2,1H3,(H,18,19)/t10-/m1/s1. The fraction of sp³-hybridized carbons (Fsp3) is 0.500. The Morgan fingerprint density at radius 1 is 1.55 bits per heavy atom. The van der Waals surface area contributed by atoms with Gasteiger partial charge in [-0.15, -0.1) is 0 Å². The van der Waals surface area contributed by atoms with E-state index in [2.05, 4.69) is 4.98 Å². The number of ether oxygens (including phenoxy) is 1. The molecule has 2 heterocycles. The van der Waals surface area contributed by atoms with E-state index in [0.29, 0.717) is 31.7 Å². The van der Waals surface area contributed by atoms with Crippen LogP contribution in [0.15, 0.2) is 18.3 Å². The highest BCUT2D eigenvalue weighted by Gasteiger charge is 2.30. The van der Waals surface area contributed by atoms with E-state index in [1.165, 1.54) is 6.20 Å². The first kappa shape index (κ1) is 14.3. The summed E-state index contributed by atoms with van der Waals surface area (Å²) in [7, 11) is 0. The lowest BCUT2D eigenvalue weighted by Crippen LogP contribution is -2.42. The van der Waals surface area contributed by atoms with Gasteiger partial charge in [0.1, 0.15) is 0 Å². The van der Waals surface area contributed by atoms with Gasteiger partial charge in [-0.3, -0.25) is 9.59 Å². The number of hydrogen-bond donors (Lipinski definition) is 1. The quantitative estimate of drug-likeness (QED) is 0.901. The molecule has 1 N–H and O–H groups in total. The van der Waals surface area contributed by atoms with E-state index < -0.39 is 11.9 Å². The molecule has 6 heteroatoms. The number of carbonyl (C=O) groups is 2. The van der Waals surface area contributed by atoms with E-state index in [9.17, 15) is 9.59 Å². The van der Waals surface area contributed by atoms with Gasteiger partial charge in [0.2, 0.25) is 0 Å². The molecule has 1 aromatic rings. The zero-order valence-corrected chi connectivity index (χ0v) is 11.4. The molecule has 0 spiro atoms. The summed E-state index contributed by atoms with van der Waals surface area (Å²) in [6.07, 6.45) is 2.84. The number of pyridine rings is 1. The molecule has 108 valence electrons. The van der Waals surface area contributed by atoms with Crippen LogP contribution in [0.4, 0.5) is 0 Å². The van der Waals surface area contributed by atoms with Crippen molar-refractivity contribution in [2.45, 2.75) is 19.8 Å². The zero-order chi connectivity index (χ0) is 14.5. The number of carboxylic acids is 1. The lowest BCUT2D eigenvalue weighted by Gasteiger charge is -2.30. The number of carboxylic acid groups (broad SMARTS) is 1. The van der Waals surface area contributed by atoms with Crippen LogP contribution in [0.2, 0.25) is 0 Å². The molecule has 1 atom stereocenters. The summed E-state index contributed by atoms with van der Waals surface area (Å²) in [5.41, 5.74) is 0.250. The van der Waals surface area contributed by atoms with E-state index >= 15 is 0 Å². The maximum absolute atomic E-state index is 12.5. The molecule has 2 rings (SSSR count). The topological polar surface area (TPSA) is 79.7 Å². The smallest absolute Gasteiger partial charge is 0.308 e. The van der Waals surface area contributed by atoms with Crippen LogP contribution >= 0.6 is 0 Å². The molecule has 20 heavy (non-hydrogen) atoms. The van der Waals surface area contributed by atoms with Crippen LogP contribution < -0.4 is 4.74 Å². The van der Waals surface area contributed by atoms with Gasteiger partial charge in [-0.05, 0) is 31.9 Å². The van der Waals surface area contributed by atoms with Gasteiger partial charge in [-0.1, -0.05) is 0 Å². The minimum Gasteiger partial charge on any atom is -0.491 e. The molecule has 0 saturated carbocycles. The summed E-state index contributed by atoms with van der Waals surface area (Å²) in [5.74, 6) is -1.17. The van der Waals surface area contributed by atoms with Gasteiger partial charge >= 0.3 is 5.97 Å². The summed E-state index contributed by atoms with van der Waals surface area (Å²) in [6, 6.07) is 3.40. The van der Waals surface area contributed by atoms with Crippen molar-refractivity contribution in [1.82, 2.24) is 9.88 Å². The lowest BCUT2D eigenvalue weighted by atomic mass is 9.98. The van der Waals surface area contributed by atoms with E-state index in [1.807, 2.05) is 6.92 Å². The molecule has 6 nitrogen and oxygen atoms in total. The van der Waals surface area contributed by atoms with Crippen molar-refractivity contribution in [3.8, 4) is 5.75 Å². The largest absolute Gasteiger partial charge is 0.491 e. The molecule has 1 saturated heterocycles. The number of hydrogen-bond acceptors (Lipinski definition) is 4. The maximum Gasteiger partial charge on any atom is 0.308 e. The molecule has 0 unspecified atom stereocenters. The van der Waals surface area contributed by atoms with Gasteiger partial charge in [-0.25, -0.2) is 4.98 Å². The molecule has 1 aliphatic rings. The minimum atomic E-state index is -0.853. The Kier molecular flexibility index (Phi) is 4.55. The fourth-order valence-corrected chi connectivity index (χ4v) is 2.34. The van der Waals surface area contributed by atoms with Gasteiger partial charge < -0.3 is 14.7 Å². The Bertz CT molecular complexity index is 504. The number of rotatable bonds is 4. The van der Waals surface area contributed by atoms with Crippen LogP contribution in [-0.4, -0.2) is 46.6 Å². The Balaban J connectivity index is 2.16. The van der Waals surface area contributed by atoms with Crippen LogP contribution in [0.5, 0.6) is 5.75 Å². The van der Waals surface area contributed by atoms with Crippen molar-refractivity contribution in [3.63, 3.8) is 0 Å². The van der Waals surface area contributed by atoms with Crippen LogP contribution in [0, 0.1) is 5.92 Å². The van der Waals surface area contributed by atoms with Crippen LogP contribution in [-0.2, 0) is 4.79 Å². The molecule has 1 amide bonds. The second-order valence-corrected chi connectivity index (χ2v) is 4.71. The minimum absolute atomic E-state index is 0.232. The third-order valence-corrected chi connectivity index (χ3v) is 3.33. The van der Waals surface area contributed by atoms with Crippen LogP contribution in [0.1, 0.15) is 30.3 Å². The average molecular weight is 278 g/mol. The normalized spacial score (nSPS) is 18.6. The molecule has 0 aromatic carbocycles. The molecule has 1 aliphatic heterocycles. The molecule has 0 aliphatic carbocycles. The average Bonchev–Trinajstić information content (AvgIpc) is 2.47. The predicted octanol–water partition coefficient (Wildman–Crippen LogP) is 1.42. The van der Waals surface area contributed by atoms with Crippen LogP contribution in [0.3, 0.4) is 0 Å². The van der Waals surface area contributed by atoms with Crippen molar-refractivity contribution >= 4 is 11.9 Å². The molecule has 0 bridgehead atoms. The number of carbonyl (C=O) groups excluding carboxylic acids is 1. The van der Waals surface area contributed by atoms with Crippen molar-refractivity contribution in [3.05, 3.63) is 24.0 Å². The first-order chi connectivity index (χ1) is 9.63. The molecule has 1 fully saturated rings. The Morgan fingerprint density at radius 2 is 2.35 bits per heavy atom. The highest BCUT2D eigenvalue weighted by Crippen LogP contribution is 2.22. The van der Waals surface area contributed by atoms with Crippen LogP contribution in [0.25, 0.3) is 0 Å². The summed E-state index contributed by atoms with van der Waals surface area (Å²) in [6.45, 7) is 3.08. The van der Waals surface area contributed by atoms with Gasteiger partial charge in [-0.2, -0.15) is 0 Å². The van der Waals surface area contributed by atoms with Gasteiger partial charge in [0.05, 0.1) is 12.5 Å². The van der Waals surface area contributed by atoms with Gasteiger partial charge in [0.25, 0.3) is 5.91 Å². The summed E-state index contributed by atoms with van der Waals surface area (Å²) in [4.78, 5) is 29.1. The Hall–Kier alpha value is -2.11. The molecular weight excluding hydrogens is 260 g/mol. The van der Waals surface area contributed by atoms with Crippen molar-refractivity contribution in [2.75, 3.05) is 19.7 Å². The van der Waals surface area contributed by atoms with E-state index in [4.69, 9.17) is 9.84 Å². The van der Waals surface area contributed by atoms with E-state index in [0.717, 1.165) is 0 Å². The summed E-state index contributed by atoms with van der Waals surface area (Å²) >= 11 is 0. The number of aromatic nitrogens is 1. The first-order valence-corrected chi connectivity index (χ1v) is 6.73. The number of likely N-dealkylation sites (tertiary alicyclic amines) is 1. The second kappa shape index (κ2) is 6.36. The third kappa shape index (κ3) is 3.07. The second-order valence-electron chi connectivity index (χ2n) is 4.71. The van der Waals surface area contributed by atoms with Gasteiger partial charge in [0.15, 0.2) is 11.4 Å². The maximum atomic E-state index is 12.5. The highest BCUT2D eigenvalue weighted by molar-refractivity contribution is 5.95.